The molecule has 0 aliphatic carbocycles. The number of hydrogen-bond donors (Lipinski definition) is 0. The average molecular weight is 936 g/mol. The number of allylic oxidation sites excluding steroid dienone is 12. The van der Waals surface area contributed by atoms with Crippen LogP contribution >= 0.6 is 0 Å². The molecule has 0 aliphatic rings. The summed E-state index contributed by atoms with van der Waals surface area (Å²) in [5, 5.41) is 0. The molecule has 0 spiro atoms. The Hall–Kier alpha value is -3.15. The summed E-state index contributed by atoms with van der Waals surface area (Å²) in [4.78, 5) is 38.0. The zero-order chi connectivity index (χ0) is 48.6. The third kappa shape index (κ3) is 53.7. The average Bonchev–Trinajstić information content (AvgIpc) is 3.33. The highest BCUT2D eigenvalue weighted by atomic mass is 16.6. The van der Waals surface area contributed by atoms with E-state index in [0.29, 0.717) is 19.3 Å². The molecule has 0 N–H and O–H groups in total. The van der Waals surface area contributed by atoms with E-state index in [0.717, 1.165) is 77.0 Å². The first-order chi connectivity index (χ1) is 33.0. The Morgan fingerprint density at radius 2 is 0.582 bits per heavy atom. The lowest BCUT2D eigenvalue weighted by atomic mass is 10.0. The minimum Gasteiger partial charge on any atom is -0.462 e. The van der Waals surface area contributed by atoms with Crippen molar-refractivity contribution in [2.75, 3.05) is 13.2 Å². The number of ether oxygens (including phenoxy) is 3. The summed E-state index contributed by atoms with van der Waals surface area (Å²) in [7, 11) is 0. The number of esters is 3. The summed E-state index contributed by atoms with van der Waals surface area (Å²) in [5.41, 5.74) is 0. The van der Waals surface area contributed by atoms with Crippen LogP contribution in [0.25, 0.3) is 0 Å². The van der Waals surface area contributed by atoms with Gasteiger partial charge in [-0.25, -0.2) is 0 Å². The van der Waals surface area contributed by atoms with E-state index in [1.807, 2.05) is 6.08 Å². The van der Waals surface area contributed by atoms with Crippen LogP contribution in [0, 0.1) is 0 Å². The Morgan fingerprint density at radius 3 is 0.985 bits per heavy atom. The van der Waals surface area contributed by atoms with Gasteiger partial charge in [0.05, 0.1) is 0 Å². The van der Waals surface area contributed by atoms with Gasteiger partial charge in [0, 0.05) is 19.3 Å². The van der Waals surface area contributed by atoms with Gasteiger partial charge in [0.1, 0.15) is 13.2 Å². The second-order valence-corrected chi connectivity index (χ2v) is 18.8. The number of carbonyl (C=O) groups is 3. The summed E-state index contributed by atoms with van der Waals surface area (Å²) in [6.07, 6.45) is 70.5. The van der Waals surface area contributed by atoms with Crippen LogP contribution in [0.2, 0.25) is 0 Å². The van der Waals surface area contributed by atoms with Crippen molar-refractivity contribution in [3.63, 3.8) is 0 Å². The quantitative estimate of drug-likeness (QED) is 0.0262. The summed E-state index contributed by atoms with van der Waals surface area (Å²) < 4.78 is 16.8. The van der Waals surface area contributed by atoms with E-state index in [1.54, 1.807) is 0 Å². The monoisotopic (exact) mass is 935 g/mol. The predicted octanol–water partition coefficient (Wildman–Crippen LogP) is 19.0. The minimum absolute atomic E-state index is 0.105. The molecule has 0 fully saturated rings. The summed E-state index contributed by atoms with van der Waals surface area (Å²) in [6.45, 7) is 6.53. The first kappa shape index (κ1) is 63.8. The van der Waals surface area contributed by atoms with Crippen LogP contribution in [-0.4, -0.2) is 37.2 Å². The fourth-order valence-electron chi connectivity index (χ4n) is 7.88. The molecular formula is C61H106O6. The van der Waals surface area contributed by atoms with Gasteiger partial charge in [0.2, 0.25) is 0 Å². The number of hydrogen-bond acceptors (Lipinski definition) is 6. The summed E-state index contributed by atoms with van der Waals surface area (Å²) >= 11 is 0. The van der Waals surface area contributed by atoms with E-state index < -0.39 is 12.1 Å². The van der Waals surface area contributed by atoms with Crippen LogP contribution in [0.5, 0.6) is 0 Å². The molecule has 0 unspecified atom stereocenters. The van der Waals surface area contributed by atoms with E-state index >= 15 is 0 Å². The fourth-order valence-corrected chi connectivity index (χ4v) is 7.88. The smallest absolute Gasteiger partial charge is 0.306 e. The van der Waals surface area contributed by atoms with Gasteiger partial charge in [-0.1, -0.05) is 254 Å². The fraction of sp³-hybridized carbons (Fsp3) is 0.754. The van der Waals surface area contributed by atoms with Gasteiger partial charge < -0.3 is 14.2 Å². The van der Waals surface area contributed by atoms with Gasteiger partial charge in [-0.05, 0) is 77.0 Å². The van der Waals surface area contributed by atoms with E-state index in [-0.39, 0.29) is 31.6 Å². The number of rotatable bonds is 51. The van der Waals surface area contributed by atoms with Gasteiger partial charge in [-0.15, -0.1) is 0 Å². The lowest BCUT2D eigenvalue weighted by Gasteiger charge is -2.18. The van der Waals surface area contributed by atoms with Crippen molar-refractivity contribution < 1.29 is 28.6 Å². The molecule has 0 radical (unpaired) electrons. The van der Waals surface area contributed by atoms with Crippen molar-refractivity contribution in [3.8, 4) is 0 Å². The molecule has 0 aliphatic heterocycles. The van der Waals surface area contributed by atoms with Crippen molar-refractivity contribution in [2.24, 2.45) is 0 Å². The first-order valence-electron chi connectivity index (χ1n) is 28.4. The molecule has 386 valence electrons. The number of unbranched alkanes of at least 4 members (excludes halogenated alkanes) is 28. The number of carbonyl (C=O) groups excluding carboxylic acids is 3. The molecule has 0 rings (SSSR count). The molecule has 0 saturated carbocycles. The topological polar surface area (TPSA) is 78.9 Å². The van der Waals surface area contributed by atoms with Crippen LogP contribution in [0.3, 0.4) is 0 Å². The minimum atomic E-state index is -0.816. The Kier molecular flexibility index (Phi) is 52.8. The lowest BCUT2D eigenvalue weighted by molar-refractivity contribution is -0.166. The maximum Gasteiger partial charge on any atom is 0.306 e. The molecule has 0 aromatic rings. The molecule has 0 aromatic heterocycles. The van der Waals surface area contributed by atoms with Crippen molar-refractivity contribution in [1.82, 2.24) is 0 Å². The van der Waals surface area contributed by atoms with Crippen LogP contribution < -0.4 is 0 Å². The molecule has 6 heteroatoms. The Labute approximate surface area is 414 Å². The van der Waals surface area contributed by atoms with Crippen molar-refractivity contribution in [1.29, 1.82) is 0 Å². The highest BCUT2D eigenvalue weighted by Gasteiger charge is 2.19. The van der Waals surface area contributed by atoms with Crippen molar-refractivity contribution >= 4 is 17.9 Å². The van der Waals surface area contributed by atoms with Crippen molar-refractivity contribution in [2.45, 2.75) is 284 Å². The molecule has 0 bridgehead atoms. The molecular weight excluding hydrogens is 829 g/mol. The second kappa shape index (κ2) is 55.4. The summed E-state index contributed by atoms with van der Waals surface area (Å²) in [6, 6.07) is 0. The zero-order valence-corrected chi connectivity index (χ0v) is 44.2. The van der Waals surface area contributed by atoms with E-state index in [9.17, 15) is 14.4 Å². The van der Waals surface area contributed by atoms with Gasteiger partial charge >= 0.3 is 17.9 Å². The van der Waals surface area contributed by atoms with Crippen LogP contribution in [0.4, 0.5) is 0 Å². The second-order valence-electron chi connectivity index (χ2n) is 18.8. The Morgan fingerprint density at radius 1 is 0.299 bits per heavy atom. The Bertz CT molecular complexity index is 1260. The largest absolute Gasteiger partial charge is 0.462 e. The maximum absolute atomic E-state index is 12.8. The maximum atomic E-state index is 12.8. The predicted molar refractivity (Wildman–Crippen MR) is 288 cm³/mol. The van der Waals surface area contributed by atoms with Crippen molar-refractivity contribution in [3.05, 3.63) is 72.9 Å². The highest BCUT2D eigenvalue weighted by Crippen LogP contribution is 2.16. The molecule has 0 aromatic carbocycles. The SMILES string of the molecule is CCCC/C=C\CCCCCCCC(=O)OC[C@H](COC(=O)CCCCCCCCCCCCCCCCCCCCC)OC(=O)CC/C=C\C/C=C\C/C=C\C/C=C\C/C=C\CCCCC. The standard InChI is InChI=1S/C61H106O6/c1-4-7-10-13-16-19-22-24-26-28-30-32-34-36-39-42-45-48-51-54-60(63)66-57-58(56-65-59(62)53-50-47-44-41-38-21-18-15-12-9-6-3)67-61(64)55-52-49-46-43-40-37-35-33-31-29-27-25-23-20-17-14-11-8-5-2/h15,17-18,20,25,27,31,33,37,40,46,49,58H,4-14,16,19,21-24,26,28-30,32,34-36,38-39,41-45,47-48,50-57H2,1-3H3/b18-15-,20-17-,27-25-,33-31-,40-37-,49-46-/t58-/m1/s1. The Balaban J connectivity index is 4.43. The zero-order valence-electron chi connectivity index (χ0n) is 44.2. The van der Waals surface area contributed by atoms with Crippen LogP contribution in [0.1, 0.15) is 278 Å². The van der Waals surface area contributed by atoms with Crippen LogP contribution in [-0.2, 0) is 28.6 Å². The molecule has 0 amide bonds. The molecule has 0 heterocycles. The van der Waals surface area contributed by atoms with E-state index in [2.05, 4.69) is 87.6 Å². The highest BCUT2D eigenvalue weighted by molar-refractivity contribution is 5.71. The normalized spacial score (nSPS) is 12.6. The van der Waals surface area contributed by atoms with Gasteiger partial charge in [0.15, 0.2) is 6.10 Å². The third-order valence-electron chi connectivity index (χ3n) is 12.2. The van der Waals surface area contributed by atoms with Gasteiger partial charge in [-0.3, -0.25) is 14.4 Å². The molecule has 0 saturated heterocycles. The van der Waals surface area contributed by atoms with E-state index in [4.69, 9.17) is 14.2 Å². The third-order valence-corrected chi connectivity index (χ3v) is 12.2. The lowest BCUT2D eigenvalue weighted by Crippen LogP contribution is -2.30. The van der Waals surface area contributed by atoms with Gasteiger partial charge in [-0.2, -0.15) is 0 Å². The molecule has 67 heavy (non-hydrogen) atoms. The van der Waals surface area contributed by atoms with E-state index in [1.165, 1.54) is 154 Å². The molecule has 1 atom stereocenters. The van der Waals surface area contributed by atoms with Crippen LogP contribution in [0.15, 0.2) is 72.9 Å². The first-order valence-corrected chi connectivity index (χ1v) is 28.4. The summed E-state index contributed by atoms with van der Waals surface area (Å²) in [5.74, 6) is -0.992. The molecule has 6 nitrogen and oxygen atoms in total. The van der Waals surface area contributed by atoms with Gasteiger partial charge in [0.25, 0.3) is 0 Å².